The van der Waals surface area contributed by atoms with Crippen LogP contribution in [-0.2, 0) is 6.54 Å². The summed E-state index contributed by atoms with van der Waals surface area (Å²) in [4.78, 5) is 2.50. The molecule has 0 saturated carbocycles. The van der Waals surface area contributed by atoms with Crippen LogP contribution in [0.1, 0.15) is 18.6 Å². The van der Waals surface area contributed by atoms with Gasteiger partial charge in [0.1, 0.15) is 5.76 Å². The third-order valence-corrected chi connectivity index (χ3v) is 4.44. The van der Waals surface area contributed by atoms with Crippen molar-refractivity contribution >= 4 is 15.9 Å². The Hall–Kier alpha value is -0.320. The van der Waals surface area contributed by atoms with Crippen molar-refractivity contribution in [2.75, 3.05) is 19.6 Å². The molecule has 1 aromatic rings. The molecule has 2 aliphatic heterocycles. The molecule has 2 atom stereocenters. The zero-order valence-electron chi connectivity index (χ0n) is 9.29. The summed E-state index contributed by atoms with van der Waals surface area (Å²) in [5.41, 5.74) is 0. The highest BCUT2D eigenvalue weighted by Crippen LogP contribution is 2.27. The summed E-state index contributed by atoms with van der Waals surface area (Å²) in [6.07, 6.45) is 4.47. The van der Waals surface area contributed by atoms with Gasteiger partial charge in [0, 0.05) is 19.1 Å². The molecule has 2 saturated heterocycles. The van der Waals surface area contributed by atoms with Crippen molar-refractivity contribution in [1.82, 2.24) is 10.2 Å². The van der Waals surface area contributed by atoms with Gasteiger partial charge >= 0.3 is 0 Å². The van der Waals surface area contributed by atoms with Gasteiger partial charge in [0.05, 0.1) is 17.3 Å². The van der Waals surface area contributed by atoms with Gasteiger partial charge < -0.3 is 9.73 Å². The van der Waals surface area contributed by atoms with Crippen molar-refractivity contribution in [2.45, 2.75) is 25.4 Å². The van der Waals surface area contributed by atoms with E-state index in [1.54, 1.807) is 6.26 Å². The van der Waals surface area contributed by atoms with Crippen molar-refractivity contribution in [2.24, 2.45) is 5.92 Å². The van der Waals surface area contributed by atoms with Crippen molar-refractivity contribution in [3.8, 4) is 0 Å². The van der Waals surface area contributed by atoms with Crippen LogP contribution >= 0.6 is 15.9 Å². The quantitative estimate of drug-likeness (QED) is 0.903. The molecule has 16 heavy (non-hydrogen) atoms. The highest BCUT2D eigenvalue weighted by molar-refractivity contribution is 9.10. The Morgan fingerprint density at radius 2 is 2.44 bits per heavy atom. The Balaban J connectivity index is 1.63. The van der Waals surface area contributed by atoms with Crippen LogP contribution in [-0.4, -0.2) is 30.6 Å². The summed E-state index contributed by atoms with van der Waals surface area (Å²) >= 11 is 3.51. The fourth-order valence-electron chi connectivity index (χ4n) is 2.91. The third-order valence-electron chi connectivity index (χ3n) is 3.73. The molecule has 3 nitrogen and oxygen atoms in total. The Morgan fingerprint density at radius 3 is 3.19 bits per heavy atom. The molecule has 0 aliphatic carbocycles. The van der Waals surface area contributed by atoms with Crippen molar-refractivity contribution in [3.05, 3.63) is 22.6 Å². The summed E-state index contributed by atoms with van der Waals surface area (Å²) in [6, 6.07) is 2.68. The standard InChI is InChI=1S/C12H17BrN2O/c13-10-3-5-16-12(10)8-15-6-9-2-1-4-14-11(9)7-15/h3,5,9,11,14H,1-2,4,6-8H2. The van der Waals surface area contributed by atoms with Crippen LogP contribution in [0.3, 0.4) is 0 Å². The second-order valence-electron chi connectivity index (χ2n) is 4.85. The molecular weight excluding hydrogens is 268 g/mol. The molecule has 2 unspecified atom stereocenters. The van der Waals surface area contributed by atoms with E-state index < -0.39 is 0 Å². The van der Waals surface area contributed by atoms with Crippen LogP contribution in [0.4, 0.5) is 0 Å². The zero-order chi connectivity index (χ0) is 11.0. The molecule has 1 aromatic heterocycles. The number of likely N-dealkylation sites (tertiary alicyclic amines) is 1. The van der Waals surface area contributed by atoms with Crippen molar-refractivity contribution in [3.63, 3.8) is 0 Å². The van der Waals surface area contributed by atoms with E-state index >= 15 is 0 Å². The minimum absolute atomic E-state index is 0.711. The number of hydrogen-bond acceptors (Lipinski definition) is 3. The maximum atomic E-state index is 5.47. The van der Waals surface area contributed by atoms with Gasteiger partial charge in [-0.05, 0) is 47.3 Å². The average molecular weight is 285 g/mol. The average Bonchev–Trinajstić information content (AvgIpc) is 2.85. The molecule has 0 bridgehead atoms. The Bertz CT molecular complexity index is 352. The lowest BCUT2D eigenvalue weighted by Gasteiger charge is -2.24. The van der Waals surface area contributed by atoms with Gasteiger partial charge in [0.2, 0.25) is 0 Å². The van der Waals surface area contributed by atoms with E-state index in [4.69, 9.17) is 4.42 Å². The maximum absolute atomic E-state index is 5.47. The SMILES string of the molecule is Brc1ccoc1CN1CC2CCCNC2C1. The fraction of sp³-hybridized carbons (Fsp3) is 0.667. The topological polar surface area (TPSA) is 28.4 Å². The van der Waals surface area contributed by atoms with Gasteiger partial charge in [0.25, 0.3) is 0 Å². The molecule has 2 aliphatic rings. The van der Waals surface area contributed by atoms with Crippen LogP contribution < -0.4 is 5.32 Å². The Kier molecular flexibility index (Phi) is 3.05. The highest BCUT2D eigenvalue weighted by Gasteiger charge is 2.34. The first kappa shape index (κ1) is 10.8. The van der Waals surface area contributed by atoms with Gasteiger partial charge in [-0.3, -0.25) is 4.90 Å². The molecule has 0 spiro atoms. The molecule has 1 N–H and O–H groups in total. The lowest BCUT2D eigenvalue weighted by atomic mass is 9.94. The number of nitrogens with one attached hydrogen (secondary N) is 1. The molecule has 0 amide bonds. The molecule has 4 heteroatoms. The second kappa shape index (κ2) is 4.51. The van der Waals surface area contributed by atoms with E-state index in [0.29, 0.717) is 6.04 Å². The third kappa shape index (κ3) is 2.06. The number of furan rings is 1. The highest BCUT2D eigenvalue weighted by atomic mass is 79.9. The van der Waals surface area contributed by atoms with Crippen LogP contribution in [0.25, 0.3) is 0 Å². The van der Waals surface area contributed by atoms with E-state index in [1.165, 1.54) is 25.9 Å². The van der Waals surface area contributed by atoms with E-state index in [-0.39, 0.29) is 0 Å². The predicted octanol–water partition coefficient (Wildman–Crippen LogP) is 2.23. The fourth-order valence-corrected chi connectivity index (χ4v) is 3.23. The van der Waals surface area contributed by atoms with Crippen molar-refractivity contribution in [1.29, 1.82) is 0 Å². The number of hydrogen-bond donors (Lipinski definition) is 1. The van der Waals surface area contributed by atoms with Gasteiger partial charge in [-0.25, -0.2) is 0 Å². The Labute approximate surface area is 104 Å². The summed E-state index contributed by atoms with van der Waals surface area (Å²) < 4.78 is 6.56. The molecule has 3 rings (SSSR count). The molecule has 0 radical (unpaired) electrons. The number of piperidine rings is 1. The Morgan fingerprint density at radius 1 is 1.50 bits per heavy atom. The van der Waals surface area contributed by atoms with Gasteiger partial charge in [-0.2, -0.15) is 0 Å². The summed E-state index contributed by atoms with van der Waals surface area (Å²) in [7, 11) is 0. The first-order valence-electron chi connectivity index (χ1n) is 6.00. The molecule has 0 aromatic carbocycles. The van der Waals surface area contributed by atoms with Gasteiger partial charge in [-0.15, -0.1) is 0 Å². The number of fused-ring (bicyclic) bond motifs is 1. The second-order valence-corrected chi connectivity index (χ2v) is 5.70. The zero-order valence-corrected chi connectivity index (χ0v) is 10.9. The summed E-state index contributed by atoms with van der Waals surface area (Å²) in [5.74, 6) is 1.90. The van der Waals surface area contributed by atoms with E-state index in [2.05, 4.69) is 26.1 Å². The maximum Gasteiger partial charge on any atom is 0.131 e. The smallest absolute Gasteiger partial charge is 0.131 e. The number of rotatable bonds is 2. The molecule has 88 valence electrons. The van der Waals surface area contributed by atoms with E-state index in [9.17, 15) is 0 Å². The summed E-state index contributed by atoms with van der Waals surface area (Å²) in [6.45, 7) is 4.50. The lowest BCUT2D eigenvalue weighted by molar-refractivity contribution is 0.283. The number of halogens is 1. The van der Waals surface area contributed by atoms with Gasteiger partial charge in [0.15, 0.2) is 0 Å². The minimum Gasteiger partial charge on any atom is -0.467 e. The first-order valence-corrected chi connectivity index (χ1v) is 6.80. The normalized spacial score (nSPS) is 30.6. The van der Waals surface area contributed by atoms with Gasteiger partial charge in [-0.1, -0.05) is 0 Å². The predicted molar refractivity (Wildman–Crippen MR) is 66.2 cm³/mol. The first-order chi connectivity index (χ1) is 7.83. The minimum atomic E-state index is 0.711. The molecule has 2 fully saturated rings. The molecule has 3 heterocycles. The van der Waals surface area contributed by atoms with E-state index in [1.807, 2.05) is 6.07 Å². The van der Waals surface area contributed by atoms with Crippen molar-refractivity contribution < 1.29 is 4.42 Å². The van der Waals surface area contributed by atoms with Crippen LogP contribution in [0.2, 0.25) is 0 Å². The van der Waals surface area contributed by atoms with E-state index in [0.717, 1.165) is 29.2 Å². The lowest BCUT2D eigenvalue weighted by Crippen LogP contribution is -2.40. The monoisotopic (exact) mass is 284 g/mol. The van der Waals surface area contributed by atoms with Crippen LogP contribution in [0.5, 0.6) is 0 Å². The van der Waals surface area contributed by atoms with Crippen LogP contribution in [0.15, 0.2) is 21.2 Å². The van der Waals surface area contributed by atoms with Crippen LogP contribution in [0, 0.1) is 5.92 Å². The summed E-state index contributed by atoms with van der Waals surface area (Å²) in [5, 5.41) is 3.62. The number of nitrogens with zero attached hydrogens (tertiary/aromatic N) is 1. The largest absolute Gasteiger partial charge is 0.467 e. The molecular formula is C12H17BrN2O.